The summed E-state index contributed by atoms with van der Waals surface area (Å²) in [6.45, 7) is 3.72. The van der Waals surface area contributed by atoms with Gasteiger partial charge in [0.25, 0.3) is 5.91 Å². The minimum absolute atomic E-state index is 0.0193. The lowest BCUT2D eigenvalue weighted by atomic mass is 10.1. The van der Waals surface area contributed by atoms with Gasteiger partial charge < -0.3 is 10.2 Å². The number of rotatable bonds is 5. The molecule has 0 unspecified atom stereocenters. The van der Waals surface area contributed by atoms with E-state index in [-0.39, 0.29) is 12.3 Å². The molecule has 1 aromatic carbocycles. The van der Waals surface area contributed by atoms with E-state index in [2.05, 4.69) is 39.8 Å². The highest BCUT2D eigenvalue weighted by atomic mass is 16.2. The van der Waals surface area contributed by atoms with E-state index in [1.165, 1.54) is 5.56 Å². The zero-order valence-corrected chi connectivity index (χ0v) is 14.0. The normalized spacial score (nSPS) is 21.4. The molecule has 0 aromatic heterocycles. The first-order valence-electron chi connectivity index (χ1n) is 8.45. The van der Waals surface area contributed by atoms with Gasteiger partial charge in [-0.25, -0.2) is 4.79 Å². The molecule has 7 nitrogen and oxygen atoms in total. The first-order valence-corrected chi connectivity index (χ1v) is 8.45. The number of piperazine rings is 1. The number of benzene rings is 1. The highest BCUT2D eigenvalue weighted by Gasteiger charge is 2.33. The van der Waals surface area contributed by atoms with Crippen LogP contribution in [0.1, 0.15) is 12.0 Å². The Bertz CT molecular complexity index is 666. The van der Waals surface area contributed by atoms with Gasteiger partial charge in [0.15, 0.2) is 0 Å². The van der Waals surface area contributed by atoms with E-state index in [1.807, 2.05) is 18.2 Å². The van der Waals surface area contributed by atoms with Crippen LogP contribution in [0.5, 0.6) is 0 Å². The number of nitrogens with zero attached hydrogens (tertiary/aromatic N) is 2. The summed E-state index contributed by atoms with van der Waals surface area (Å²) in [5.41, 5.74) is 1.17. The summed E-state index contributed by atoms with van der Waals surface area (Å²) in [6.07, 6.45) is 4.25. The second-order valence-corrected chi connectivity index (χ2v) is 6.21. The van der Waals surface area contributed by atoms with Crippen molar-refractivity contribution in [2.75, 3.05) is 32.7 Å². The molecule has 0 bridgehead atoms. The third kappa shape index (κ3) is 4.67. The maximum atomic E-state index is 12.3. The van der Waals surface area contributed by atoms with E-state index in [9.17, 15) is 14.4 Å². The molecule has 0 radical (unpaired) electrons. The average Bonchev–Trinajstić information content (AvgIpc) is 2.93. The molecular formula is C18H22N4O3. The van der Waals surface area contributed by atoms with Crippen molar-refractivity contribution in [1.29, 1.82) is 0 Å². The molecule has 7 heteroatoms. The van der Waals surface area contributed by atoms with Crippen LogP contribution in [0.15, 0.2) is 36.4 Å². The number of hydrogen-bond acceptors (Lipinski definition) is 4. The van der Waals surface area contributed by atoms with Crippen LogP contribution in [0.25, 0.3) is 6.08 Å². The van der Waals surface area contributed by atoms with Crippen LogP contribution >= 0.6 is 0 Å². The number of carbonyl (C=O) groups excluding carboxylic acids is 3. The Morgan fingerprint density at radius 1 is 1.12 bits per heavy atom. The Kier molecular flexibility index (Phi) is 5.45. The van der Waals surface area contributed by atoms with Crippen molar-refractivity contribution < 1.29 is 14.4 Å². The lowest BCUT2D eigenvalue weighted by Gasteiger charge is -2.34. The molecule has 3 rings (SSSR count). The molecule has 1 aromatic rings. The summed E-state index contributed by atoms with van der Waals surface area (Å²) >= 11 is 0. The number of nitrogens with one attached hydrogen (secondary N) is 2. The van der Waals surface area contributed by atoms with Gasteiger partial charge in [0.05, 0.1) is 6.42 Å². The molecule has 2 saturated heterocycles. The third-order valence-corrected chi connectivity index (χ3v) is 4.44. The number of urea groups is 1. The van der Waals surface area contributed by atoms with Crippen molar-refractivity contribution in [3.8, 4) is 0 Å². The third-order valence-electron chi connectivity index (χ3n) is 4.44. The van der Waals surface area contributed by atoms with Crippen molar-refractivity contribution in [1.82, 2.24) is 20.4 Å². The standard InChI is InChI=1S/C18H22N4O3/c23-16(13-15-17(24)20-18(25)19-15)22-11-9-21(10-12-22)8-4-7-14-5-2-1-3-6-14/h1-7,15H,8-13H2,(H2,19,20,24,25)/b7-4+/t15-/m0/s1. The van der Waals surface area contributed by atoms with Crippen LogP contribution in [0.4, 0.5) is 4.79 Å². The molecule has 0 spiro atoms. The highest BCUT2D eigenvalue weighted by molar-refractivity contribution is 6.05. The summed E-state index contributed by atoms with van der Waals surface area (Å²) < 4.78 is 0. The van der Waals surface area contributed by atoms with Gasteiger partial charge in [0, 0.05) is 32.7 Å². The van der Waals surface area contributed by atoms with E-state index >= 15 is 0 Å². The molecular weight excluding hydrogens is 320 g/mol. The van der Waals surface area contributed by atoms with Crippen LogP contribution in [0, 0.1) is 0 Å². The fourth-order valence-electron chi connectivity index (χ4n) is 2.99. The van der Waals surface area contributed by atoms with Crippen molar-refractivity contribution in [3.63, 3.8) is 0 Å². The lowest BCUT2D eigenvalue weighted by molar-refractivity contribution is -0.135. The van der Waals surface area contributed by atoms with Gasteiger partial charge in [-0.2, -0.15) is 0 Å². The Morgan fingerprint density at radius 2 is 1.84 bits per heavy atom. The number of hydrogen-bond donors (Lipinski definition) is 2. The SMILES string of the molecule is O=C1NC(=O)[C@H](CC(=O)N2CCN(C/C=C/c3ccccc3)CC2)N1. The first kappa shape index (κ1) is 17.2. The van der Waals surface area contributed by atoms with Gasteiger partial charge in [-0.05, 0) is 5.56 Å². The predicted octanol–water partition coefficient (Wildman–Crippen LogP) is 0.442. The van der Waals surface area contributed by atoms with E-state index in [4.69, 9.17) is 0 Å². The van der Waals surface area contributed by atoms with Crippen molar-refractivity contribution >= 4 is 23.9 Å². The molecule has 132 valence electrons. The maximum Gasteiger partial charge on any atom is 0.322 e. The van der Waals surface area contributed by atoms with Crippen LogP contribution in [0.2, 0.25) is 0 Å². The van der Waals surface area contributed by atoms with E-state index in [1.54, 1.807) is 4.90 Å². The van der Waals surface area contributed by atoms with Gasteiger partial charge in [0.1, 0.15) is 6.04 Å². The van der Waals surface area contributed by atoms with E-state index < -0.39 is 18.0 Å². The van der Waals surface area contributed by atoms with Gasteiger partial charge in [-0.1, -0.05) is 42.5 Å². The molecule has 2 aliphatic rings. The van der Waals surface area contributed by atoms with E-state index in [0.717, 1.165) is 19.6 Å². The zero-order chi connectivity index (χ0) is 17.6. The summed E-state index contributed by atoms with van der Waals surface area (Å²) in [5.74, 6) is -0.523. The van der Waals surface area contributed by atoms with Gasteiger partial charge in [0.2, 0.25) is 5.91 Å². The van der Waals surface area contributed by atoms with Crippen LogP contribution < -0.4 is 10.6 Å². The molecule has 2 aliphatic heterocycles. The molecule has 4 amide bonds. The van der Waals surface area contributed by atoms with Crippen LogP contribution in [-0.4, -0.2) is 66.4 Å². The average molecular weight is 342 g/mol. The topological polar surface area (TPSA) is 81.8 Å². The van der Waals surface area contributed by atoms with E-state index in [0.29, 0.717) is 13.1 Å². The van der Waals surface area contributed by atoms with Gasteiger partial charge in [-0.3, -0.25) is 19.8 Å². The van der Waals surface area contributed by atoms with Gasteiger partial charge in [-0.15, -0.1) is 0 Å². The fourth-order valence-corrected chi connectivity index (χ4v) is 2.99. The smallest absolute Gasteiger partial charge is 0.322 e. The number of amides is 4. The Labute approximate surface area is 146 Å². The zero-order valence-electron chi connectivity index (χ0n) is 14.0. The number of imide groups is 1. The first-order chi connectivity index (χ1) is 12.1. The summed E-state index contributed by atoms with van der Waals surface area (Å²) in [7, 11) is 0. The minimum Gasteiger partial charge on any atom is -0.340 e. The second kappa shape index (κ2) is 7.94. The highest BCUT2D eigenvalue weighted by Crippen LogP contribution is 2.08. The number of carbonyl (C=O) groups is 3. The molecule has 1 atom stereocenters. The Balaban J connectivity index is 1.41. The summed E-state index contributed by atoms with van der Waals surface area (Å²) in [6, 6.07) is 8.86. The van der Waals surface area contributed by atoms with Crippen LogP contribution in [-0.2, 0) is 9.59 Å². The molecule has 25 heavy (non-hydrogen) atoms. The maximum absolute atomic E-state index is 12.3. The van der Waals surface area contributed by atoms with Crippen molar-refractivity contribution in [2.24, 2.45) is 0 Å². The summed E-state index contributed by atoms with van der Waals surface area (Å²) in [5, 5.41) is 4.60. The fraction of sp³-hybridized carbons (Fsp3) is 0.389. The lowest BCUT2D eigenvalue weighted by Crippen LogP contribution is -2.50. The predicted molar refractivity (Wildman–Crippen MR) is 93.6 cm³/mol. The second-order valence-electron chi connectivity index (χ2n) is 6.21. The molecule has 2 heterocycles. The monoisotopic (exact) mass is 342 g/mol. The van der Waals surface area contributed by atoms with Crippen molar-refractivity contribution in [2.45, 2.75) is 12.5 Å². The van der Waals surface area contributed by atoms with Crippen LogP contribution in [0.3, 0.4) is 0 Å². The van der Waals surface area contributed by atoms with Crippen molar-refractivity contribution in [3.05, 3.63) is 42.0 Å². The largest absolute Gasteiger partial charge is 0.340 e. The minimum atomic E-state index is -0.744. The molecule has 0 saturated carbocycles. The summed E-state index contributed by atoms with van der Waals surface area (Å²) in [4.78, 5) is 38.9. The Hall–Kier alpha value is -2.67. The molecule has 0 aliphatic carbocycles. The molecule has 2 N–H and O–H groups in total. The Morgan fingerprint density at radius 3 is 2.48 bits per heavy atom. The molecule has 2 fully saturated rings. The van der Waals surface area contributed by atoms with Gasteiger partial charge >= 0.3 is 6.03 Å². The quantitative estimate of drug-likeness (QED) is 0.761.